The molecule has 0 radical (unpaired) electrons. The van der Waals surface area contributed by atoms with Gasteiger partial charge in [-0.15, -0.1) is 0 Å². The SMILES string of the molecule is CC1(OC(=O)Cl)CCCCC1C(C)(C)c1ccccc1. The average molecular weight is 295 g/mol. The Bertz CT molecular complexity index is 469. The first-order valence-corrected chi connectivity index (χ1v) is 7.68. The number of ether oxygens (including phenoxy) is 1. The van der Waals surface area contributed by atoms with E-state index >= 15 is 0 Å². The third-order valence-electron chi connectivity index (χ3n) is 4.86. The Labute approximate surface area is 126 Å². The number of hydrogen-bond acceptors (Lipinski definition) is 2. The highest BCUT2D eigenvalue weighted by Crippen LogP contribution is 2.48. The first-order valence-electron chi connectivity index (χ1n) is 7.30. The van der Waals surface area contributed by atoms with Gasteiger partial charge in [0.15, 0.2) is 0 Å². The van der Waals surface area contributed by atoms with Crippen LogP contribution in [0.4, 0.5) is 4.79 Å². The Kier molecular flexibility index (Phi) is 4.43. The molecule has 20 heavy (non-hydrogen) atoms. The molecule has 0 amide bonds. The third kappa shape index (κ3) is 3.01. The van der Waals surface area contributed by atoms with Gasteiger partial charge in [0, 0.05) is 17.5 Å². The molecule has 1 fully saturated rings. The molecule has 2 atom stereocenters. The summed E-state index contributed by atoms with van der Waals surface area (Å²) in [6.45, 7) is 6.50. The van der Waals surface area contributed by atoms with Crippen molar-refractivity contribution in [2.75, 3.05) is 0 Å². The lowest BCUT2D eigenvalue weighted by molar-refractivity contribution is -0.0602. The molecule has 2 rings (SSSR count). The molecule has 1 aromatic carbocycles. The van der Waals surface area contributed by atoms with E-state index in [9.17, 15) is 4.79 Å². The second-order valence-electron chi connectivity index (χ2n) is 6.54. The molecule has 1 aliphatic carbocycles. The van der Waals surface area contributed by atoms with Gasteiger partial charge in [0.1, 0.15) is 5.60 Å². The smallest absolute Gasteiger partial charge is 0.404 e. The molecule has 0 aliphatic heterocycles. The topological polar surface area (TPSA) is 26.3 Å². The maximum Gasteiger partial charge on any atom is 0.404 e. The molecule has 0 heterocycles. The summed E-state index contributed by atoms with van der Waals surface area (Å²) in [6, 6.07) is 10.4. The Morgan fingerprint density at radius 1 is 1.30 bits per heavy atom. The molecule has 2 nitrogen and oxygen atoms in total. The van der Waals surface area contributed by atoms with Gasteiger partial charge in [0.2, 0.25) is 0 Å². The molecule has 0 saturated heterocycles. The minimum absolute atomic E-state index is 0.0528. The number of carbonyl (C=O) groups excluding carboxylic acids is 1. The van der Waals surface area contributed by atoms with Crippen LogP contribution in [-0.4, -0.2) is 11.0 Å². The molecule has 2 unspecified atom stereocenters. The van der Waals surface area contributed by atoms with E-state index in [0.717, 1.165) is 19.3 Å². The number of carbonyl (C=O) groups is 1. The van der Waals surface area contributed by atoms with E-state index in [1.165, 1.54) is 12.0 Å². The van der Waals surface area contributed by atoms with Gasteiger partial charge in [0.25, 0.3) is 0 Å². The zero-order valence-corrected chi connectivity index (χ0v) is 13.2. The molecular formula is C17H23ClO2. The van der Waals surface area contributed by atoms with Crippen LogP contribution in [0.3, 0.4) is 0 Å². The first-order chi connectivity index (χ1) is 9.36. The van der Waals surface area contributed by atoms with Crippen LogP contribution in [-0.2, 0) is 10.2 Å². The maximum absolute atomic E-state index is 11.3. The molecule has 1 aromatic rings. The van der Waals surface area contributed by atoms with Crippen molar-refractivity contribution >= 4 is 17.0 Å². The molecule has 1 saturated carbocycles. The zero-order valence-electron chi connectivity index (χ0n) is 12.5. The fourth-order valence-corrected chi connectivity index (χ4v) is 3.98. The van der Waals surface area contributed by atoms with Crippen LogP contribution >= 0.6 is 11.6 Å². The van der Waals surface area contributed by atoms with Crippen molar-refractivity contribution in [3.8, 4) is 0 Å². The van der Waals surface area contributed by atoms with Gasteiger partial charge in [-0.3, -0.25) is 0 Å². The Balaban J connectivity index is 2.34. The summed E-state index contributed by atoms with van der Waals surface area (Å²) in [7, 11) is 0. The van der Waals surface area contributed by atoms with E-state index < -0.39 is 11.0 Å². The molecule has 0 N–H and O–H groups in total. The van der Waals surface area contributed by atoms with E-state index in [0.29, 0.717) is 0 Å². The maximum atomic E-state index is 11.3. The number of rotatable bonds is 3. The predicted molar refractivity (Wildman–Crippen MR) is 82.2 cm³/mol. The molecule has 0 bridgehead atoms. The molecule has 1 aliphatic rings. The van der Waals surface area contributed by atoms with E-state index in [-0.39, 0.29) is 11.3 Å². The van der Waals surface area contributed by atoms with Crippen LogP contribution in [0.1, 0.15) is 52.0 Å². The minimum atomic E-state index is -0.691. The van der Waals surface area contributed by atoms with Gasteiger partial charge in [0.05, 0.1) is 0 Å². The van der Waals surface area contributed by atoms with Gasteiger partial charge in [-0.25, -0.2) is 4.79 Å². The van der Waals surface area contributed by atoms with E-state index in [2.05, 4.69) is 38.1 Å². The molecule has 0 spiro atoms. The largest absolute Gasteiger partial charge is 0.447 e. The van der Waals surface area contributed by atoms with Crippen LogP contribution < -0.4 is 0 Å². The fourth-order valence-electron chi connectivity index (χ4n) is 3.80. The van der Waals surface area contributed by atoms with Crippen molar-refractivity contribution in [3.05, 3.63) is 35.9 Å². The second kappa shape index (κ2) is 5.77. The van der Waals surface area contributed by atoms with Gasteiger partial charge in [-0.05, 0) is 37.2 Å². The normalized spacial score (nSPS) is 27.1. The van der Waals surface area contributed by atoms with Gasteiger partial charge in [-0.2, -0.15) is 0 Å². The van der Waals surface area contributed by atoms with E-state index in [1.807, 2.05) is 13.0 Å². The van der Waals surface area contributed by atoms with E-state index in [4.69, 9.17) is 16.3 Å². The summed E-state index contributed by atoms with van der Waals surface area (Å²) in [5.41, 5.74) is 0.0612. The Hall–Kier alpha value is -1.02. The summed E-state index contributed by atoms with van der Waals surface area (Å²) in [4.78, 5) is 11.3. The summed E-state index contributed by atoms with van der Waals surface area (Å²) < 4.78 is 5.53. The van der Waals surface area contributed by atoms with Crippen molar-refractivity contribution < 1.29 is 9.53 Å². The second-order valence-corrected chi connectivity index (χ2v) is 6.85. The predicted octanol–water partition coefficient (Wildman–Crippen LogP) is 5.29. The summed E-state index contributed by atoms with van der Waals surface area (Å²) in [6.07, 6.45) is 4.20. The van der Waals surface area contributed by atoms with Gasteiger partial charge in [-0.1, -0.05) is 50.6 Å². The molecule has 0 aromatic heterocycles. The lowest BCUT2D eigenvalue weighted by Gasteiger charge is -2.48. The molecule has 110 valence electrons. The summed E-state index contributed by atoms with van der Waals surface area (Å²) in [5.74, 6) is 0.272. The summed E-state index contributed by atoms with van der Waals surface area (Å²) in [5, 5.41) is 0. The molecular weight excluding hydrogens is 272 g/mol. The number of halogens is 1. The Morgan fingerprint density at radius 2 is 1.95 bits per heavy atom. The highest BCUT2D eigenvalue weighted by molar-refractivity contribution is 6.61. The van der Waals surface area contributed by atoms with Crippen molar-refractivity contribution in [3.63, 3.8) is 0 Å². The van der Waals surface area contributed by atoms with Crippen LogP contribution in [0, 0.1) is 5.92 Å². The Morgan fingerprint density at radius 3 is 2.55 bits per heavy atom. The lowest BCUT2D eigenvalue weighted by atomic mass is 9.61. The number of hydrogen-bond donors (Lipinski definition) is 0. The zero-order chi connectivity index (χ0) is 14.8. The highest BCUT2D eigenvalue weighted by Gasteiger charge is 2.48. The standard InChI is InChI=1S/C17H23ClO2/c1-16(2,13-9-5-4-6-10-13)14-11-7-8-12-17(14,3)20-15(18)19/h4-6,9-10,14H,7-8,11-12H2,1-3H3. The summed E-state index contributed by atoms with van der Waals surface area (Å²) >= 11 is 5.50. The third-order valence-corrected chi connectivity index (χ3v) is 4.93. The van der Waals surface area contributed by atoms with Crippen LogP contribution in [0.25, 0.3) is 0 Å². The van der Waals surface area contributed by atoms with Crippen LogP contribution in [0.2, 0.25) is 0 Å². The monoisotopic (exact) mass is 294 g/mol. The van der Waals surface area contributed by atoms with Crippen molar-refractivity contribution in [2.24, 2.45) is 5.92 Å². The number of benzene rings is 1. The quantitative estimate of drug-likeness (QED) is 0.708. The fraction of sp³-hybridized carbons (Fsp3) is 0.588. The van der Waals surface area contributed by atoms with Gasteiger partial charge >= 0.3 is 5.43 Å². The van der Waals surface area contributed by atoms with Crippen LogP contribution in [0.15, 0.2) is 30.3 Å². The van der Waals surface area contributed by atoms with Gasteiger partial charge < -0.3 is 4.74 Å². The van der Waals surface area contributed by atoms with Crippen molar-refractivity contribution in [1.29, 1.82) is 0 Å². The highest BCUT2D eigenvalue weighted by atomic mass is 35.5. The molecule has 3 heteroatoms. The lowest BCUT2D eigenvalue weighted by Crippen LogP contribution is -2.49. The minimum Gasteiger partial charge on any atom is -0.447 e. The first kappa shape index (κ1) is 15.4. The van der Waals surface area contributed by atoms with E-state index in [1.54, 1.807) is 0 Å². The average Bonchev–Trinajstić information content (AvgIpc) is 2.38. The van der Waals surface area contributed by atoms with Crippen LogP contribution in [0.5, 0.6) is 0 Å². The van der Waals surface area contributed by atoms with Crippen molar-refractivity contribution in [1.82, 2.24) is 0 Å². The van der Waals surface area contributed by atoms with Crippen molar-refractivity contribution in [2.45, 2.75) is 57.5 Å².